The molecule has 0 saturated carbocycles. The normalized spacial score (nSPS) is 31.7. The summed E-state index contributed by atoms with van der Waals surface area (Å²) in [6.45, 7) is 5.28. The fraction of sp³-hybridized carbons (Fsp3) is 0.643. The van der Waals surface area contributed by atoms with Crippen LogP contribution in [0, 0.1) is 6.92 Å². The summed E-state index contributed by atoms with van der Waals surface area (Å²) in [6, 6.07) is 0. The van der Waals surface area contributed by atoms with Crippen LogP contribution in [0.1, 0.15) is 25.9 Å². The Bertz CT molecular complexity index is 810. The molecule has 24 heavy (non-hydrogen) atoms. The van der Waals surface area contributed by atoms with Gasteiger partial charge >= 0.3 is 0 Å². The van der Waals surface area contributed by atoms with Crippen molar-refractivity contribution in [3.63, 3.8) is 0 Å². The molecule has 2 saturated heterocycles. The van der Waals surface area contributed by atoms with Gasteiger partial charge in [-0.3, -0.25) is 4.57 Å². The Kier molecular flexibility index (Phi) is 3.49. The van der Waals surface area contributed by atoms with E-state index in [0.717, 1.165) is 0 Å². The third kappa shape index (κ3) is 2.27. The highest BCUT2D eigenvalue weighted by Gasteiger charge is 2.56. The van der Waals surface area contributed by atoms with Crippen LogP contribution in [-0.4, -0.2) is 55.3 Å². The number of nitrogen functional groups attached to an aromatic ring is 1. The number of imidazole rings is 1. The molecule has 0 aliphatic carbocycles. The monoisotopic (exact) mass is 355 g/mol. The van der Waals surface area contributed by atoms with Gasteiger partial charge in [0.05, 0.1) is 6.61 Å². The summed E-state index contributed by atoms with van der Waals surface area (Å²) in [4.78, 5) is 12.6. The van der Waals surface area contributed by atoms with Crippen molar-refractivity contribution in [2.75, 3.05) is 12.3 Å². The van der Waals surface area contributed by atoms with Gasteiger partial charge in [-0.05, 0) is 32.4 Å². The third-order valence-corrected chi connectivity index (χ3v) is 4.44. The number of rotatable bonds is 2. The van der Waals surface area contributed by atoms with E-state index in [9.17, 15) is 5.11 Å². The molecule has 4 unspecified atom stereocenters. The quantitative estimate of drug-likeness (QED) is 0.759. The van der Waals surface area contributed by atoms with Crippen LogP contribution >= 0.6 is 11.6 Å². The topological polar surface area (TPSA) is 118 Å². The molecule has 4 atom stereocenters. The summed E-state index contributed by atoms with van der Waals surface area (Å²) < 4.78 is 19.6. The molecule has 0 amide bonds. The molecule has 4 heterocycles. The summed E-state index contributed by atoms with van der Waals surface area (Å²) in [5.74, 6) is 0.0636. The van der Waals surface area contributed by atoms with Crippen LogP contribution < -0.4 is 5.73 Å². The van der Waals surface area contributed by atoms with E-state index in [4.69, 9.17) is 31.5 Å². The van der Waals surface area contributed by atoms with E-state index in [1.807, 2.05) is 13.8 Å². The first-order valence-corrected chi connectivity index (χ1v) is 7.98. The van der Waals surface area contributed by atoms with Crippen LogP contribution in [0.4, 0.5) is 5.82 Å². The number of aryl methyl sites for hydroxylation is 1. The van der Waals surface area contributed by atoms with Crippen LogP contribution in [0.25, 0.3) is 11.2 Å². The van der Waals surface area contributed by atoms with Crippen molar-refractivity contribution in [1.29, 1.82) is 0 Å². The number of hydrogen-bond donors (Lipinski definition) is 2. The van der Waals surface area contributed by atoms with E-state index in [0.29, 0.717) is 17.0 Å². The molecule has 130 valence electrons. The van der Waals surface area contributed by atoms with E-state index in [1.165, 1.54) is 0 Å². The number of ether oxygens (including phenoxy) is 3. The Morgan fingerprint density at radius 1 is 1.25 bits per heavy atom. The Balaban J connectivity index is 1.84. The largest absolute Gasteiger partial charge is 0.394 e. The fourth-order valence-corrected chi connectivity index (χ4v) is 3.57. The van der Waals surface area contributed by atoms with Crippen molar-refractivity contribution in [3.8, 4) is 0 Å². The maximum atomic E-state index is 9.62. The highest BCUT2D eigenvalue weighted by atomic mass is 35.5. The molecule has 4 rings (SSSR count). The van der Waals surface area contributed by atoms with Crippen molar-refractivity contribution < 1.29 is 19.3 Å². The van der Waals surface area contributed by atoms with Crippen LogP contribution in [-0.2, 0) is 14.2 Å². The molecule has 2 aliphatic rings. The van der Waals surface area contributed by atoms with Gasteiger partial charge in [-0.15, -0.1) is 0 Å². The molecule has 0 spiro atoms. The molecule has 0 aromatic carbocycles. The zero-order valence-electron chi connectivity index (χ0n) is 13.4. The number of aliphatic hydroxyl groups is 1. The van der Waals surface area contributed by atoms with Gasteiger partial charge in [-0.2, -0.15) is 9.97 Å². The number of aromatic nitrogens is 4. The predicted molar refractivity (Wildman–Crippen MR) is 84.3 cm³/mol. The molecule has 2 aromatic rings. The lowest BCUT2D eigenvalue weighted by Crippen LogP contribution is -2.31. The number of hydrogen-bond acceptors (Lipinski definition) is 8. The van der Waals surface area contributed by atoms with E-state index in [-0.39, 0.29) is 23.8 Å². The Morgan fingerprint density at radius 2 is 1.96 bits per heavy atom. The Hall–Kier alpha value is -1.52. The molecule has 0 bridgehead atoms. The standard InChI is InChI=1S/C14H18ClN5O4/c1-5-17-7-10(16)18-13(15)19-11(7)20(5)12-9-8(6(4-21)22-12)23-14(2,3)24-9/h6,8-9,12,21H,4H2,1-3H3,(H2,16,18,19). The lowest BCUT2D eigenvalue weighted by atomic mass is 10.1. The molecular formula is C14H18ClN5O4. The van der Waals surface area contributed by atoms with Crippen molar-refractivity contribution in [2.24, 2.45) is 0 Å². The van der Waals surface area contributed by atoms with Crippen LogP contribution in [0.3, 0.4) is 0 Å². The first-order chi connectivity index (χ1) is 11.3. The summed E-state index contributed by atoms with van der Waals surface area (Å²) in [5, 5.41) is 9.64. The number of halogens is 1. The van der Waals surface area contributed by atoms with Gasteiger partial charge in [0, 0.05) is 0 Å². The zero-order valence-corrected chi connectivity index (χ0v) is 14.2. The lowest BCUT2D eigenvalue weighted by molar-refractivity contribution is -0.199. The second-order valence-electron chi connectivity index (χ2n) is 6.39. The second kappa shape index (κ2) is 5.24. The van der Waals surface area contributed by atoms with E-state index < -0.39 is 24.2 Å². The maximum absolute atomic E-state index is 9.62. The predicted octanol–water partition coefficient (Wildman–Crippen LogP) is 0.780. The van der Waals surface area contributed by atoms with Crippen LogP contribution in [0.5, 0.6) is 0 Å². The number of fused-ring (bicyclic) bond motifs is 2. The van der Waals surface area contributed by atoms with Gasteiger partial charge in [0.25, 0.3) is 0 Å². The minimum absolute atomic E-state index is 0.0262. The third-order valence-electron chi connectivity index (χ3n) is 4.28. The molecule has 3 N–H and O–H groups in total. The van der Waals surface area contributed by atoms with Gasteiger partial charge in [-0.25, -0.2) is 4.98 Å². The second-order valence-corrected chi connectivity index (χ2v) is 6.73. The molecule has 2 aromatic heterocycles. The van der Waals surface area contributed by atoms with Gasteiger partial charge in [0.2, 0.25) is 5.28 Å². The molecule has 2 aliphatic heterocycles. The number of nitrogens with two attached hydrogens (primary N) is 1. The Morgan fingerprint density at radius 3 is 2.67 bits per heavy atom. The van der Waals surface area contributed by atoms with Gasteiger partial charge in [0.1, 0.15) is 24.1 Å². The minimum Gasteiger partial charge on any atom is -0.394 e. The summed E-state index contributed by atoms with van der Waals surface area (Å²) in [5.41, 5.74) is 6.80. The summed E-state index contributed by atoms with van der Waals surface area (Å²) in [7, 11) is 0. The van der Waals surface area contributed by atoms with Gasteiger partial charge in [0.15, 0.2) is 29.0 Å². The Labute approximate surface area is 142 Å². The molecular weight excluding hydrogens is 338 g/mol. The molecule has 2 fully saturated rings. The first-order valence-electron chi connectivity index (χ1n) is 7.60. The van der Waals surface area contributed by atoms with E-state index in [1.54, 1.807) is 11.5 Å². The van der Waals surface area contributed by atoms with Crippen LogP contribution in [0.2, 0.25) is 5.28 Å². The SMILES string of the molecule is Cc1nc2c(N)nc(Cl)nc2n1C1OC(CO)C2OC(C)(C)OC21. The molecule has 9 nitrogen and oxygen atoms in total. The van der Waals surface area contributed by atoms with Crippen molar-refractivity contribution >= 4 is 28.6 Å². The number of nitrogens with zero attached hydrogens (tertiary/aromatic N) is 4. The summed E-state index contributed by atoms with van der Waals surface area (Å²) in [6.07, 6.45) is -1.87. The van der Waals surface area contributed by atoms with E-state index >= 15 is 0 Å². The molecule has 10 heteroatoms. The minimum atomic E-state index is -0.763. The van der Waals surface area contributed by atoms with Crippen molar-refractivity contribution in [2.45, 2.75) is 51.1 Å². The van der Waals surface area contributed by atoms with Crippen molar-refractivity contribution in [1.82, 2.24) is 19.5 Å². The highest BCUT2D eigenvalue weighted by molar-refractivity contribution is 6.28. The highest BCUT2D eigenvalue weighted by Crippen LogP contribution is 2.44. The first kappa shape index (κ1) is 16.0. The number of aliphatic hydroxyl groups excluding tert-OH is 1. The van der Waals surface area contributed by atoms with Gasteiger partial charge < -0.3 is 25.1 Å². The zero-order chi connectivity index (χ0) is 17.2. The number of anilines is 1. The lowest BCUT2D eigenvalue weighted by Gasteiger charge is -2.24. The maximum Gasteiger partial charge on any atom is 0.226 e. The summed E-state index contributed by atoms with van der Waals surface area (Å²) >= 11 is 5.94. The average molecular weight is 356 g/mol. The smallest absolute Gasteiger partial charge is 0.226 e. The van der Waals surface area contributed by atoms with E-state index in [2.05, 4.69) is 15.0 Å². The van der Waals surface area contributed by atoms with Crippen LogP contribution in [0.15, 0.2) is 0 Å². The molecule has 0 radical (unpaired) electrons. The van der Waals surface area contributed by atoms with Gasteiger partial charge in [-0.1, -0.05) is 0 Å². The van der Waals surface area contributed by atoms with Crippen molar-refractivity contribution in [3.05, 3.63) is 11.1 Å². The fourth-order valence-electron chi connectivity index (χ4n) is 3.39. The average Bonchev–Trinajstić information content (AvgIpc) is 3.07.